The van der Waals surface area contributed by atoms with Gasteiger partial charge in [0, 0.05) is 0 Å². The Bertz CT molecular complexity index is 63.1. The molecule has 0 aliphatic carbocycles. The summed E-state index contributed by atoms with van der Waals surface area (Å²) >= 11 is -0.472. The fourth-order valence-corrected chi connectivity index (χ4v) is 4.69. The van der Waals surface area contributed by atoms with Crippen LogP contribution in [0, 0.1) is 0 Å². The van der Waals surface area contributed by atoms with Gasteiger partial charge in [0.15, 0.2) is 0 Å². The molecule has 0 amide bonds. The zero-order chi connectivity index (χ0) is 5.28. The van der Waals surface area contributed by atoms with Gasteiger partial charge in [0.25, 0.3) is 0 Å². The maximum absolute atomic E-state index is 3.50. The molecule has 0 aromatic rings. The van der Waals surface area contributed by atoms with Crippen molar-refractivity contribution in [2.45, 2.75) is 17.8 Å². The molecular formula is C5H12IN. The molecule has 0 aromatic carbocycles. The van der Waals surface area contributed by atoms with Crippen molar-refractivity contribution in [1.29, 1.82) is 0 Å². The molecule has 1 aliphatic heterocycles. The zero-order valence-corrected chi connectivity index (χ0v) is 7.03. The fraction of sp³-hybridized carbons (Fsp3) is 1.00. The summed E-state index contributed by atoms with van der Waals surface area (Å²) in [7, 11) is 0. The second-order valence-electron chi connectivity index (χ2n) is 1.78. The number of hydrogen-bond donors (Lipinski definition) is 1. The maximum atomic E-state index is 3.50. The molecule has 1 saturated heterocycles. The van der Waals surface area contributed by atoms with Crippen LogP contribution in [0.2, 0.25) is 0 Å². The van der Waals surface area contributed by atoms with Crippen molar-refractivity contribution in [1.82, 2.24) is 3.53 Å². The first-order chi connectivity index (χ1) is 3.34. The SMILES string of the molecule is CCI1NC[C@@H]1C. The van der Waals surface area contributed by atoms with Gasteiger partial charge in [0.05, 0.1) is 0 Å². The monoisotopic (exact) mass is 213 g/mol. The first kappa shape index (κ1) is 5.82. The van der Waals surface area contributed by atoms with Gasteiger partial charge in [-0.2, -0.15) is 0 Å². The van der Waals surface area contributed by atoms with E-state index in [1.807, 2.05) is 0 Å². The minimum absolute atomic E-state index is 0.472. The Morgan fingerprint density at radius 1 is 1.86 bits per heavy atom. The van der Waals surface area contributed by atoms with E-state index < -0.39 is 20.1 Å². The van der Waals surface area contributed by atoms with E-state index in [0.29, 0.717) is 0 Å². The molecule has 0 unspecified atom stereocenters. The van der Waals surface area contributed by atoms with Gasteiger partial charge in [-0.05, 0) is 0 Å². The summed E-state index contributed by atoms with van der Waals surface area (Å²) in [4.78, 5) is 0. The van der Waals surface area contributed by atoms with Crippen molar-refractivity contribution in [2.75, 3.05) is 11.0 Å². The molecule has 2 heteroatoms. The van der Waals surface area contributed by atoms with Gasteiger partial charge < -0.3 is 0 Å². The predicted octanol–water partition coefficient (Wildman–Crippen LogP) is 1.42. The molecule has 0 spiro atoms. The molecule has 0 bridgehead atoms. The molecule has 1 nitrogen and oxygen atoms in total. The van der Waals surface area contributed by atoms with Gasteiger partial charge in [0.2, 0.25) is 0 Å². The van der Waals surface area contributed by atoms with E-state index in [-0.39, 0.29) is 0 Å². The minimum atomic E-state index is -0.472. The Morgan fingerprint density at radius 3 is 2.57 bits per heavy atom. The van der Waals surface area contributed by atoms with E-state index in [1.54, 1.807) is 0 Å². The van der Waals surface area contributed by atoms with Crippen molar-refractivity contribution in [3.8, 4) is 0 Å². The van der Waals surface area contributed by atoms with Crippen molar-refractivity contribution >= 4 is 20.1 Å². The molecular weight excluding hydrogens is 201 g/mol. The van der Waals surface area contributed by atoms with Gasteiger partial charge >= 0.3 is 52.4 Å². The Kier molecular flexibility index (Phi) is 1.92. The Balaban J connectivity index is 2.16. The second-order valence-corrected chi connectivity index (χ2v) is 8.46. The zero-order valence-electron chi connectivity index (χ0n) is 4.87. The number of halogens is 1. The molecule has 1 aliphatic rings. The summed E-state index contributed by atoms with van der Waals surface area (Å²) in [5.41, 5.74) is 0. The van der Waals surface area contributed by atoms with Crippen LogP contribution in [0.5, 0.6) is 0 Å². The molecule has 0 radical (unpaired) electrons. The second kappa shape index (κ2) is 2.31. The quantitative estimate of drug-likeness (QED) is 0.394. The molecule has 0 saturated carbocycles. The number of nitrogens with one attached hydrogen (secondary N) is 1. The van der Waals surface area contributed by atoms with E-state index in [0.717, 1.165) is 3.92 Å². The van der Waals surface area contributed by atoms with E-state index in [2.05, 4.69) is 17.4 Å². The van der Waals surface area contributed by atoms with Crippen LogP contribution < -0.4 is 3.53 Å². The molecule has 7 heavy (non-hydrogen) atoms. The molecule has 1 atom stereocenters. The average molecular weight is 213 g/mol. The van der Waals surface area contributed by atoms with Gasteiger partial charge in [-0.1, -0.05) is 0 Å². The Morgan fingerprint density at radius 2 is 2.57 bits per heavy atom. The van der Waals surface area contributed by atoms with E-state index in [9.17, 15) is 0 Å². The molecule has 1 fully saturated rings. The predicted molar refractivity (Wildman–Crippen MR) is 42.0 cm³/mol. The van der Waals surface area contributed by atoms with Crippen LogP contribution >= 0.6 is 20.1 Å². The third kappa shape index (κ3) is 1.08. The molecule has 44 valence electrons. The van der Waals surface area contributed by atoms with Gasteiger partial charge in [-0.3, -0.25) is 0 Å². The Labute approximate surface area is 52.6 Å². The standard InChI is InChI=1S/C5H12IN/c1-3-6-5(2)4-7-6/h5,7H,3-4H2,1-2H3/t5-/m0/s1. The molecule has 1 heterocycles. The van der Waals surface area contributed by atoms with Gasteiger partial charge in [-0.25, -0.2) is 0 Å². The van der Waals surface area contributed by atoms with E-state index >= 15 is 0 Å². The molecule has 1 rings (SSSR count). The number of rotatable bonds is 1. The fourth-order valence-electron chi connectivity index (χ4n) is 0.698. The summed E-state index contributed by atoms with van der Waals surface area (Å²) in [6, 6.07) is 0. The van der Waals surface area contributed by atoms with Crippen molar-refractivity contribution < 1.29 is 0 Å². The van der Waals surface area contributed by atoms with Crippen LogP contribution in [0.3, 0.4) is 0 Å². The summed E-state index contributed by atoms with van der Waals surface area (Å²) in [5.74, 6) is 0. The first-order valence-corrected chi connectivity index (χ1v) is 6.57. The Hall–Kier alpha value is 0.690. The van der Waals surface area contributed by atoms with Crippen molar-refractivity contribution in [2.24, 2.45) is 0 Å². The van der Waals surface area contributed by atoms with Crippen LogP contribution in [0.4, 0.5) is 0 Å². The van der Waals surface area contributed by atoms with Crippen LogP contribution in [-0.2, 0) is 0 Å². The average Bonchev–Trinajstić information content (AvgIpc) is 1.65. The van der Waals surface area contributed by atoms with Crippen molar-refractivity contribution in [3.63, 3.8) is 0 Å². The third-order valence-corrected chi connectivity index (χ3v) is 7.34. The number of hydrogen-bond acceptors (Lipinski definition) is 1. The normalized spacial score (nSPS) is 35.1. The van der Waals surface area contributed by atoms with Crippen LogP contribution in [0.15, 0.2) is 0 Å². The van der Waals surface area contributed by atoms with Crippen molar-refractivity contribution in [3.05, 3.63) is 0 Å². The third-order valence-electron chi connectivity index (χ3n) is 1.27. The first-order valence-electron chi connectivity index (χ1n) is 2.72. The summed E-state index contributed by atoms with van der Waals surface area (Å²) in [6.07, 6.45) is 0. The summed E-state index contributed by atoms with van der Waals surface area (Å²) in [5, 5.41) is 0. The summed E-state index contributed by atoms with van der Waals surface area (Å²) < 4.78 is 6.04. The van der Waals surface area contributed by atoms with E-state index in [1.165, 1.54) is 11.0 Å². The van der Waals surface area contributed by atoms with Gasteiger partial charge in [0.1, 0.15) is 0 Å². The van der Waals surface area contributed by atoms with Crippen LogP contribution in [0.1, 0.15) is 13.8 Å². The van der Waals surface area contributed by atoms with Crippen LogP contribution in [-0.4, -0.2) is 14.9 Å². The topological polar surface area (TPSA) is 12.0 Å². The van der Waals surface area contributed by atoms with E-state index in [4.69, 9.17) is 0 Å². The molecule has 1 N–H and O–H groups in total. The molecule has 0 aromatic heterocycles. The summed E-state index contributed by atoms with van der Waals surface area (Å²) in [6.45, 7) is 5.97. The number of alkyl halides is 2. The van der Waals surface area contributed by atoms with Crippen LogP contribution in [0.25, 0.3) is 0 Å². The van der Waals surface area contributed by atoms with Gasteiger partial charge in [-0.15, -0.1) is 0 Å².